The second-order valence-corrected chi connectivity index (χ2v) is 5.07. The SMILES string of the molecule is O=C(O)C1(NCCN2CCCC2)CCCC1. The zero-order valence-corrected chi connectivity index (χ0v) is 9.87. The van der Waals surface area contributed by atoms with Crippen LogP contribution in [0, 0.1) is 0 Å². The lowest BCUT2D eigenvalue weighted by Crippen LogP contribution is -2.51. The molecule has 92 valence electrons. The summed E-state index contributed by atoms with van der Waals surface area (Å²) in [5.74, 6) is -0.661. The van der Waals surface area contributed by atoms with Crippen LogP contribution in [-0.4, -0.2) is 47.7 Å². The molecule has 0 amide bonds. The van der Waals surface area contributed by atoms with Crippen molar-refractivity contribution in [1.29, 1.82) is 0 Å². The zero-order valence-electron chi connectivity index (χ0n) is 9.87. The lowest BCUT2D eigenvalue weighted by molar-refractivity contribution is -0.144. The molecule has 1 saturated carbocycles. The standard InChI is InChI=1S/C12H22N2O2/c15-11(16)12(5-1-2-6-12)13-7-10-14-8-3-4-9-14/h13H,1-10H2,(H,15,16). The molecule has 16 heavy (non-hydrogen) atoms. The van der Waals surface area contributed by atoms with Crippen LogP contribution in [0.15, 0.2) is 0 Å². The maximum Gasteiger partial charge on any atom is 0.323 e. The second-order valence-electron chi connectivity index (χ2n) is 5.07. The van der Waals surface area contributed by atoms with Gasteiger partial charge in [-0.1, -0.05) is 12.8 Å². The van der Waals surface area contributed by atoms with Gasteiger partial charge in [0.1, 0.15) is 5.54 Å². The number of carboxylic acids is 1. The van der Waals surface area contributed by atoms with Crippen LogP contribution >= 0.6 is 0 Å². The summed E-state index contributed by atoms with van der Waals surface area (Å²) in [6.07, 6.45) is 6.27. The molecule has 1 heterocycles. The molecule has 1 aliphatic carbocycles. The molecule has 1 saturated heterocycles. The largest absolute Gasteiger partial charge is 0.480 e. The molecule has 2 rings (SSSR count). The number of hydrogen-bond donors (Lipinski definition) is 2. The Morgan fingerprint density at radius 2 is 1.81 bits per heavy atom. The number of carboxylic acid groups (broad SMARTS) is 1. The molecule has 1 aliphatic heterocycles. The maximum atomic E-state index is 11.3. The monoisotopic (exact) mass is 226 g/mol. The first-order chi connectivity index (χ1) is 7.73. The number of hydrogen-bond acceptors (Lipinski definition) is 3. The normalized spacial score (nSPS) is 25.0. The van der Waals surface area contributed by atoms with Crippen molar-refractivity contribution >= 4 is 5.97 Å². The third-order valence-electron chi connectivity index (χ3n) is 3.96. The predicted molar refractivity (Wildman–Crippen MR) is 62.5 cm³/mol. The van der Waals surface area contributed by atoms with Gasteiger partial charge in [0.05, 0.1) is 0 Å². The van der Waals surface area contributed by atoms with Gasteiger partial charge < -0.3 is 15.3 Å². The minimum Gasteiger partial charge on any atom is -0.480 e. The molecule has 0 aromatic carbocycles. The van der Waals surface area contributed by atoms with E-state index in [0.717, 1.165) is 38.8 Å². The number of likely N-dealkylation sites (tertiary alicyclic amines) is 1. The Labute approximate surface area is 97.0 Å². The van der Waals surface area contributed by atoms with Gasteiger partial charge in [-0.05, 0) is 38.8 Å². The van der Waals surface area contributed by atoms with E-state index in [0.29, 0.717) is 0 Å². The number of nitrogens with one attached hydrogen (secondary N) is 1. The Balaban J connectivity index is 1.76. The fourth-order valence-electron chi connectivity index (χ4n) is 2.90. The summed E-state index contributed by atoms with van der Waals surface area (Å²) in [4.78, 5) is 13.7. The molecule has 4 nitrogen and oxygen atoms in total. The Kier molecular flexibility index (Phi) is 3.82. The van der Waals surface area contributed by atoms with Gasteiger partial charge in [-0.2, -0.15) is 0 Å². The third kappa shape index (κ3) is 2.55. The van der Waals surface area contributed by atoms with Crippen molar-refractivity contribution in [3.8, 4) is 0 Å². The van der Waals surface area contributed by atoms with Crippen molar-refractivity contribution in [2.24, 2.45) is 0 Å². The van der Waals surface area contributed by atoms with E-state index in [-0.39, 0.29) is 0 Å². The molecule has 0 aromatic heterocycles. The summed E-state index contributed by atoms with van der Waals surface area (Å²) in [7, 11) is 0. The van der Waals surface area contributed by atoms with E-state index in [1.807, 2.05) is 0 Å². The van der Waals surface area contributed by atoms with Crippen LogP contribution in [0.3, 0.4) is 0 Å². The zero-order chi connectivity index (χ0) is 11.4. The van der Waals surface area contributed by atoms with Gasteiger partial charge in [-0.3, -0.25) is 4.79 Å². The van der Waals surface area contributed by atoms with E-state index in [4.69, 9.17) is 0 Å². The first-order valence-corrected chi connectivity index (χ1v) is 6.44. The van der Waals surface area contributed by atoms with Crippen LogP contribution in [-0.2, 0) is 4.79 Å². The number of carbonyl (C=O) groups is 1. The number of rotatable bonds is 5. The lowest BCUT2D eigenvalue weighted by Gasteiger charge is -2.26. The molecule has 0 atom stereocenters. The van der Waals surface area contributed by atoms with Crippen molar-refractivity contribution in [1.82, 2.24) is 10.2 Å². The minimum absolute atomic E-state index is 0.611. The van der Waals surface area contributed by atoms with E-state index in [1.165, 1.54) is 25.9 Å². The summed E-state index contributed by atoms with van der Waals surface area (Å²) in [6, 6.07) is 0. The molecular formula is C12H22N2O2. The fourth-order valence-corrected chi connectivity index (χ4v) is 2.90. The van der Waals surface area contributed by atoms with Crippen LogP contribution in [0.4, 0.5) is 0 Å². The summed E-state index contributed by atoms with van der Waals surface area (Å²) >= 11 is 0. The van der Waals surface area contributed by atoms with Gasteiger partial charge >= 0.3 is 5.97 Å². The summed E-state index contributed by atoms with van der Waals surface area (Å²) < 4.78 is 0. The molecule has 2 N–H and O–H groups in total. The van der Waals surface area contributed by atoms with Gasteiger partial charge in [0.2, 0.25) is 0 Å². The molecule has 0 radical (unpaired) electrons. The first kappa shape index (κ1) is 11.9. The summed E-state index contributed by atoms with van der Waals surface area (Å²) in [5.41, 5.74) is -0.611. The molecule has 0 spiro atoms. The van der Waals surface area contributed by atoms with Gasteiger partial charge in [0.15, 0.2) is 0 Å². The minimum atomic E-state index is -0.661. The van der Waals surface area contributed by atoms with Crippen molar-refractivity contribution in [3.63, 3.8) is 0 Å². The van der Waals surface area contributed by atoms with Gasteiger partial charge in [0, 0.05) is 13.1 Å². The molecule has 4 heteroatoms. The van der Waals surface area contributed by atoms with Gasteiger partial charge in [-0.15, -0.1) is 0 Å². The second kappa shape index (κ2) is 5.15. The van der Waals surface area contributed by atoms with E-state index in [1.54, 1.807) is 0 Å². The van der Waals surface area contributed by atoms with Gasteiger partial charge in [-0.25, -0.2) is 0 Å². The smallest absolute Gasteiger partial charge is 0.323 e. The van der Waals surface area contributed by atoms with Gasteiger partial charge in [0.25, 0.3) is 0 Å². The first-order valence-electron chi connectivity index (χ1n) is 6.44. The fraction of sp³-hybridized carbons (Fsp3) is 0.917. The van der Waals surface area contributed by atoms with Crippen molar-refractivity contribution < 1.29 is 9.90 Å². The Bertz CT molecular complexity index is 243. The van der Waals surface area contributed by atoms with Crippen molar-refractivity contribution in [3.05, 3.63) is 0 Å². The number of nitrogens with zero attached hydrogens (tertiary/aromatic N) is 1. The van der Waals surface area contributed by atoms with Crippen LogP contribution in [0.25, 0.3) is 0 Å². The van der Waals surface area contributed by atoms with Crippen LogP contribution in [0.1, 0.15) is 38.5 Å². The molecule has 2 fully saturated rings. The summed E-state index contributed by atoms with van der Waals surface area (Å²) in [5, 5.41) is 12.6. The topological polar surface area (TPSA) is 52.6 Å². The lowest BCUT2D eigenvalue weighted by atomic mass is 9.98. The summed E-state index contributed by atoms with van der Waals surface area (Å²) in [6.45, 7) is 4.17. The Hall–Kier alpha value is -0.610. The van der Waals surface area contributed by atoms with E-state index >= 15 is 0 Å². The van der Waals surface area contributed by atoms with Crippen molar-refractivity contribution in [2.45, 2.75) is 44.1 Å². The molecule has 0 bridgehead atoms. The Morgan fingerprint density at radius 3 is 2.38 bits per heavy atom. The average molecular weight is 226 g/mol. The highest BCUT2D eigenvalue weighted by Crippen LogP contribution is 2.29. The maximum absolute atomic E-state index is 11.3. The van der Waals surface area contributed by atoms with E-state index in [2.05, 4.69) is 10.2 Å². The van der Waals surface area contributed by atoms with Crippen molar-refractivity contribution in [2.75, 3.05) is 26.2 Å². The highest BCUT2D eigenvalue weighted by atomic mass is 16.4. The van der Waals surface area contributed by atoms with E-state index < -0.39 is 11.5 Å². The third-order valence-corrected chi connectivity index (χ3v) is 3.96. The molecule has 0 unspecified atom stereocenters. The van der Waals surface area contributed by atoms with Crippen LogP contribution in [0.2, 0.25) is 0 Å². The molecule has 0 aromatic rings. The average Bonchev–Trinajstić information content (AvgIpc) is 2.88. The van der Waals surface area contributed by atoms with Crippen LogP contribution < -0.4 is 5.32 Å². The number of aliphatic carboxylic acids is 1. The molecular weight excluding hydrogens is 204 g/mol. The predicted octanol–water partition coefficient (Wildman–Crippen LogP) is 1.07. The van der Waals surface area contributed by atoms with Crippen LogP contribution in [0.5, 0.6) is 0 Å². The quantitative estimate of drug-likeness (QED) is 0.736. The van der Waals surface area contributed by atoms with E-state index in [9.17, 15) is 9.90 Å². The highest BCUT2D eigenvalue weighted by molar-refractivity contribution is 5.79. The Morgan fingerprint density at radius 1 is 1.19 bits per heavy atom. The highest BCUT2D eigenvalue weighted by Gasteiger charge is 2.40. The molecule has 2 aliphatic rings.